The molecule has 1 aromatic rings. The number of hydrogen-bond acceptors (Lipinski definition) is 2. The van der Waals surface area contributed by atoms with Crippen molar-refractivity contribution in [2.45, 2.75) is 57.9 Å². The van der Waals surface area contributed by atoms with Crippen LogP contribution in [0.25, 0.3) is 0 Å². The number of halogens is 1. The Balaban J connectivity index is 1.98. The molecule has 1 heterocycles. The molecule has 1 aliphatic heterocycles. The van der Waals surface area contributed by atoms with Crippen LogP contribution in [-0.4, -0.2) is 17.2 Å². The van der Waals surface area contributed by atoms with E-state index in [0.717, 1.165) is 17.4 Å². The van der Waals surface area contributed by atoms with E-state index in [0.29, 0.717) is 6.04 Å². The highest BCUT2D eigenvalue weighted by Gasteiger charge is 2.45. The Kier molecular flexibility index (Phi) is 3.86. The molecule has 0 amide bonds. The van der Waals surface area contributed by atoms with Crippen molar-refractivity contribution in [2.24, 2.45) is 0 Å². The van der Waals surface area contributed by atoms with Crippen LogP contribution < -0.4 is 5.32 Å². The molecule has 2 rings (SSSR count). The SMILES string of the molecule is CC1(C)CC(NCc2cccc(Br)c2)C(C)(C)O1. The Labute approximate surface area is 118 Å². The van der Waals surface area contributed by atoms with Crippen LogP contribution in [-0.2, 0) is 11.3 Å². The molecule has 1 fully saturated rings. The lowest BCUT2D eigenvalue weighted by molar-refractivity contribution is -0.0699. The predicted octanol–water partition coefficient (Wildman–Crippen LogP) is 3.88. The maximum atomic E-state index is 6.09. The fourth-order valence-electron chi connectivity index (χ4n) is 2.77. The third kappa shape index (κ3) is 3.34. The summed E-state index contributed by atoms with van der Waals surface area (Å²) in [7, 11) is 0. The zero-order valence-corrected chi connectivity index (χ0v) is 13.2. The lowest BCUT2D eigenvalue weighted by Crippen LogP contribution is -2.42. The van der Waals surface area contributed by atoms with Crippen LogP contribution in [0.2, 0.25) is 0 Å². The molecule has 1 aromatic carbocycles. The van der Waals surface area contributed by atoms with Gasteiger partial charge in [-0.3, -0.25) is 0 Å². The van der Waals surface area contributed by atoms with Gasteiger partial charge in [0.25, 0.3) is 0 Å². The first-order chi connectivity index (χ1) is 8.28. The lowest BCUT2D eigenvalue weighted by atomic mass is 9.94. The van der Waals surface area contributed by atoms with E-state index in [1.54, 1.807) is 0 Å². The van der Waals surface area contributed by atoms with E-state index in [1.165, 1.54) is 5.56 Å². The van der Waals surface area contributed by atoms with Crippen molar-refractivity contribution in [3.05, 3.63) is 34.3 Å². The summed E-state index contributed by atoms with van der Waals surface area (Å²) < 4.78 is 7.22. The van der Waals surface area contributed by atoms with Gasteiger partial charge in [-0.15, -0.1) is 0 Å². The first kappa shape index (κ1) is 14.0. The number of rotatable bonds is 3. The van der Waals surface area contributed by atoms with E-state index in [4.69, 9.17) is 4.74 Å². The summed E-state index contributed by atoms with van der Waals surface area (Å²) in [6.45, 7) is 9.54. The van der Waals surface area contributed by atoms with Crippen LogP contribution >= 0.6 is 15.9 Å². The zero-order valence-electron chi connectivity index (χ0n) is 11.6. The Hall–Kier alpha value is -0.380. The molecule has 1 N–H and O–H groups in total. The Morgan fingerprint density at radius 3 is 2.61 bits per heavy atom. The molecule has 0 saturated carbocycles. The summed E-state index contributed by atoms with van der Waals surface area (Å²) in [6, 6.07) is 8.81. The summed E-state index contributed by atoms with van der Waals surface area (Å²) in [5.74, 6) is 0. The van der Waals surface area contributed by atoms with Gasteiger partial charge in [0.05, 0.1) is 11.2 Å². The standard InChI is InChI=1S/C15H22BrNO/c1-14(2)9-13(15(3,4)18-14)17-10-11-6-5-7-12(16)8-11/h5-8,13,17H,9-10H2,1-4H3. The van der Waals surface area contributed by atoms with Crippen LogP contribution in [0.15, 0.2) is 28.7 Å². The highest BCUT2D eigenvalue weighted by molar-refractivity contribution is 9.10. The van der Waals surface area contributed by atoms with Gasteiger partial charge >= 0.3 is 0 Å². The molecule has 1 atom stereocenters. The molecule has 0 spiro atoms. The smallest absolute Gasteiger partial charge is 0.0787 e. The molecule has 100 valence electrons. The second kappa shape index (κ2) is 4.95. The Morgan fingerprint density at radius 2 is 2.06 bits per heavy atom. The zero-order chi connectivity index (χ0) is 13.4. The molecule has 3 heteroatoms. The van der Waals surface area contributed by atoms with Crippen molar-refractivity contribution in [3.63, 3.8) is 0 Å². The first-order valence-electron chi connectivity index (χ1n) is 6.46. The maximum Gasteiger partial charge on any atom is 0.0787 e. The fraction of sp³-hybridized carbons (Fsp3) is 0.600. The minimum Gasteiger partial charge on any atom is -0.368 e. The Morgan fingerprint density at radius 1 is 1.33 bits per heavy atom. The van der Waals surface area contributed by atoms with Gasteiger partial charge in [0.15, 0.2) is 0 Å². The first-order valence-corrected chi connectivity index (χ1v) is 7.26. The average Bonchev–Trinajstić information content (AvgIpc) is 2.43. The normalized spacial score (nSPS) is 25.3. The molecule has 1 aliphatic rings. The second-order valence-corrected chi connectivity index (χ2v) is 7.15. The Bertz CT molecular complexity index is 428. The van der Waals surface area contributed by atoms with Gasteiger partial charge in [-0.1, -0.05) is 28.1 Å². The van der Waals surface area contributed by atoms with Crippen molar-refractivity contribution in [2.75, 3.05) is 0 Å². The molecular weight excluding hydrogens is 290 g/mol. The fourth-order valence-corrected chi connectivity index (χ4v) is 3.21. The largest absolute Gasteiger partial charge is 0.368 e. The number of ether oxygens (including phenoxy) is 1. The molecule has 2 nitrogen and oxygen atoms in total. The van der Waals surface area contributed by atoms with E-state index in [-0.39, 0.29) is 11.2 Å². The third-order valence-electron chi connectivity index (χ3n) is 3.52. The van der Waals surface area contributed by atoms with Gasteiger partial charge in [-0.25, -0.2) is 0 Å². The summed E-state index contributed by atoms with van der Waals surface area (Å²) in [5, 5.41) is 3.63. The molecule has 0 aromatic heterocycles. The van der Waals surface area contributed by atoms with E-state index in [9.17, 15) is 0 Å². The number of benzene rings is 1. The third-order valence-corrected chi connectivity index (χ3v) is 4.01. The number of hydrogen-bond donors (Lipinski definition) is 1. The van der Waals surface area contributed by atoms with Crippen molar-refractivity contribution in [3.8, 4) is 0 Å². The topological polar surface area (TPSA) is 21.3 Å². The number of nitrogens with one attached hydrogen (secondary N) is 1. The lowest BCUT2D eigenvalue weighted by Gasteiger charge is -2.28. The van der Waals surface area contributed by atoms with E-state index >= 15 is 0 Å². The summed E-state index contributed by atoms with van der Waals surface area (Å²) >= 11 is 3.50. The highest BCUT2D eigenvalue weighted by Crippen LogP contribution is 2.37. The van der Waals surface area contributed by atoms with Crippen molar-refractivity contribution < 1.29 is 4.74 Å². The highest BCUT2D eigenvalue weighted by atomic mass is 79.9. The van der Waals surface area contributed by atoms with Gasteiger partial charge in [-0.2, -0.15) is 0 Å². The van der Waals surface area contributed by atoms with Gasteiger partial charge in [0, 0.05) is 17.1 Å². The van der Waals surface area contributed by atoms with Gasteiger partial charge < -0.3 is 10.1 Å². The average molecular weight is 312 g/mol. The molecule has 1 unspecified atom stereocenters. The van der Waals surface area contributed by atoms with Crippen LogP contribution in [0.5, 0.6) is 0 Å². The molecule has 0 bridgehead atoms. The second-order valence-electron chi connectivity index (χ2n) is 6.23. The molecule has 1 saturated heterocycles. The molecule has 18 heavy (non-hydrogen) atoms. The van der Waals surface area contributed by atoms with Crippen LogP contribution in [0.1, 0.15) is 39.7 Å². The van der Waals surface area contributed by atoms with E-state index in [2.05, 4.69) is 73.2 Å². The minimum atomic E-state index is -0.102. The van der Waals surface area contributed by atoms with Crippen LogP contribution in [0.4, 0.5) is 0 Å². The molecule has 0 radical (unpaired) electrons. The molecular formula is C15H22BrNO. The summed E-state index contributed by atoms with van der Waals surface area (Å²) in [4.78, 5) is 0. The van der Waals surface area contributed by atoms with E-state index in [1.807, 2.05) is 0 Å². The van der Waals surface area contributed by atoms with Crippen LogP contribution in [0, 0.1) is 0 Å². The van der Waals surface area contributed by atoms with Gasteiger partial charge in [-0.05, 0) is 51.8 Å². The summed E-state index contributed by atoms with van der Waals surface area (Å²) in [6.07, 6.45) is 1.05. The predicted molar refractivity (Wildman–Crippen MR) is 78.6 cm³/mol. The van der Waals surface area contributed by atoms with Crippen LogP contribution in [0.3, 0.4) is 0 Å². The van der Waals surface area contributed by atoms with E-state index < -0.39 is 0 Å². The molecule has 0 aliphatic carbocycles. The van der Waals surface area contributed by atoms with Gasteiger partial charge in [0.1, 0.15) is 0 Å². The maximum absolute atomic E-state index is 6.09. The minimum absolute atomic E-state index is 0.0293. The van der Waals surface area contributed by atoms with Gasteiger partial charge in [0.2, 0.25) is 0 Å². The van der Waals surface area contributed by atoms with Crippen molar-refractivity contribution >= 4 is 15.9 Å². The quantitative estimate of drug-likeness (QED) is 0.914. The van der Waals surface area contributed by atoms with Crippen molar-refractivity contribution in [1.29, 1.82) is 0 Å². The monoisotopic (exact) mass is 311 g/mol. The summed E-state index contributed by atoms with van der Waals surface area (Å²) in [5.41, 5.74) is 1.17. The van der Waals surface area contributed by atoms with Crippen molar-refractivity contribution in [1.82, 2.24) is 5.32 Å².